The van der Waals surface area contributed by atoms with E-state index >= 15 is 0 Å². The molecule has 1 rings (SSSR count). The molecule has 1 aliphatic heterocycles. The van der Waals surface area contributed by atoms with Crippen LogP contribution in [0.4, 0.5) is 0 Å². The lowest BCUT2D eigenvalue weighted by atomic mass is 9.97. The molecule has 4 heteroatoms. The zero-order valence-electron chi connectivity index (χ0n) is 11.0. The van der Waals surface area contributed by atoms with Crippen molar-refractivity contribution in [2.24, 2.45) is 11.3 Å². The summed E-state index contributed by atoms with van der Waals surface area (Å²) in [4.78, 5) is 17.3. The van der Waals surface area contributed by atoms with Gasteiger partial charge in [0.15, 0.2) is 0 Å². The molecule has 1 heterocycles. The number of hydrogen-bond acceptors (Lipinski definition) is 4. The van der Waals surface area contributed by atoms with Crippen molar-refractivity contribution in [1.82, 2.24) is 10.4 Å². The van der Waals surface area contributed by atoms with Crippen molar-refractivity contribution < 1.29 is 9.63 Å². The molecule has 0 spiro atoms. The van der Waals surface area contributed by atoms with Crippen LogP contribution in [0.2, 0.25) is 0 Å². The SMILES string of the molecule is CC(C)[C@H]1CNCCN1OC(=O)C(C)(C)C. The quantitative estimate of drug-likeness (QED) is 0.776. The minimum atomic E-state index is -0.438. The van der Waals surface area contributed by atoms with Gasteiger partial charge in [-0.05, 0) is 26.7 Å². The average Bonchev–Trinajstić information content (AvgIpc) is 2.16. The molecular weight excluding hydrogens is 204 g/mol. The molecule has 1 saturated heterocycles. The fourth-order valence-corrected chi connectivity index (χ4v) is 1.63. The van der Waals surface area contributed by atoms with E-state index in [9.17, 15) is 4.79 Å². The second-order valence-corrected chi connectivity index (χ2v) is 5.78. The Bertz CT molecular complexity index is 246. The van der Waals surface area contributed by atoms with Crippen molar-refractivity contribution in [3.8, 4) is 0 Å². The van der Waals surface area contributed by atoms with Crippen LogP contribution >= 0.6 is 0 Å². The molecular formula is C12H24N2O2. The number of piperazine rings is 1. The predicted molar refractivity (Wildman–Crippen MR) is 63.7 cm³/mol. The van der Waals surface area contributed by atoms with Crippen LogP contribution in [0.3, 0.4) is 0 Å². The summed E-state index contributed by atoms with van der Waals surface area (Å²) < 4.78 is 0. The highest BCUT2D eigenvalue weighted by molar-refractivity contribution is 5.75. The molecule has 0 amide bonds. The zero-order valence-corrected chi connectivity index (χ0v) is 11.0. The van der Waals surface area contributed by atoms with Gasteiger partial charge in [0.1, 0.15) is 0 Å². The van der Waals surface area contributed by atoms with E-state index in [4.69, 9.17) is 4.84 Å². The molecule has 0 unspecified atom stereocenters. The summed E-state index contributed by atoms with van der Waals surface area (Å²) in [6, 6.07) is 0.278. The summed E-state index contributed by atoms with van der Waals surface area (Å²) in [6.45, 7) is 12.5. The predicted octanol–water partition coefficient (Wildman–Crippen LogP) is 1.42. The van der Waals surface area contributed by atoms with Gasteiger partial charge in [0.2, 0.25) is 0 Å². The third-order valence-electron chi connectivity index (χ3n) is 2.81. The monoisotopic (exact) mass is 228 g/mol. The van der Waals surface area contributed by atoms with E-state index in [-0.39, 0.29) is 12.0 Å². The smallest absolute Gasteiger partial charge is 0.330 e. The Hall–Kier alpha value is -0.610. The van der Waals surface area contributed by atoms with Gasteiger partial charge in [-0.15, -0.1) is 5.06 Å². The first kappa shape index (κ1) is 13.5. The zero-order chi connectivity index (χ0) is 12.3. The lowest BCUT2D eigenvalue weighted by Crippen LogP contribution is -2.54. The Morgan fingerprint density at radius 1 is 1.44 bits per heavy atom. The number of hydrogen-bond donors (Lipinski definition) is 1. The van der Waals surface area contributed by atoms with Crippen molar-refractivity contribution in [3.63, 3.8) is 0 Å². The van der Waals surface area contributed by atoms with Gasteiger partial charge in [-0.2, -0.15) is 0 Å². The first-order valence-electron chi connectivity index (χ1n) is 6.02. The summed E-state index contributed by atoms with van der Waals surface area (Å²) in [6.07, 6.45) is 0. The Labute approximate surface area is 98.3 Å². The molecule has 1 atom stereocenters. The molecule has 4 nitrogen and oxygen atoms in total. The van der Waals surface area contributed by atoms with E-state index in [0.717, 1.165) is 19.6 Å². The number of nitrogens with one attached hydrogen (secondary N) is 1. The normalized spacial score (nSPS) is 23.5. The van der Waals surface area contributed by atoms with Crippen molar-refractivity contribution in [3.05, 3.63) is 0 Å². The lowest BCUT2D eigenvalue weighted by molar-refractivity contribution is -0.218. The number of rotatable bonds is 2. The summed E-state index contributed by atoms with van der Waals surface area (Å²) >= 11 is 0. The van der Waals surface area contributed by atoms with Crippen LogP contribution in [-0.2, 0) is 9.63 Å². The van der Waals surface area contributed by atoms with Crippen molar-refractivity contribution >= 4 is 5.97 Å². The van der Waals surface area contributed by atoms with Gasteiger partial charge in [-0.25, -0.2) is 4.79 Å². The van der Waals surface area contributed by atoms with Crippen LogP contribution in [0.15, 0.2) is 0 Å². The molecule has 0 aromatic carbocycles. The highest BCUT2D eigenvalue weighted by Gasteiger charge is 2.32. The van der Waals surface area contributed by atoms with Crippen molar-refractivity contribution in [1.29, 1.82) is 0 Å². The van der Waals surface area contributed by atoms with E-state index < -0.39 is 5.41 Å². The highest BCUT2D eigenvalue weighted by atomic mass is 16.7. The molecule has 1 fully saturated rings. The summed E-state index contributed by atoms with van der Waals surface area (Å²) in [7, 11) is 0. The molecule has 0 radical (unpaired) electrons. The fourth-order valence-electron chi connectivity index (χ4n) is 1.63. The third-order valence-corrected chi connectivity index (χ3v) is 2.81. The van der Waals surface area contributed by atoms with Gasteiger partial charge in [0.25, 0.3) is 0 Å². The maximum Gasteiger partial charge on any atom is 0.330 e. The summed E-state index contributed by atoms with van der Waals surface area (Å²) in [5, 5.41) is 5.17. The number of hydroxylamine groups is 2. The fraction of sp³-hybridized carbons (Fsp3) is 0.917. The largest absolute Gasteiger partial charge is 0.367 e. The van der Waals surface area contributed by atoms with Crippen molar-refractivity contribution in [2.75, 3.05) is 19.6 Å². The minimum Gasteiger partial charge on any atom is -0.367 e. The standard InChI is InChI=1S/C12H24N2O2/c1-9(2)10-8-13-6-7-14(10)16-11(15)12(3,4)5/h9-10,13H,6-8H2,1-5H3/t10-/m1/s1. The van der Waals surface area contributed by atoms with Gasteiger partial charge in [-0.3, -0.25) is 0 Å². The van der Waals surface area contributed by atoms with E-state index in [1.165, 1.54) is 0 Å². The molecule has 0 bridgehead atoms. The molecule has 16 heavy (non-hydrogen) atoms. The molecule has 1 aliphatic rings. The highest BCUT2D eigenvalue weighted by Crippen LogP contribution is 2.19. The average molecular weight is 228 g/mol. The van der Waals surface area contributed by atoms with Gasteiger partial charge in [0, 0.05) is 19.6 Å². The maximum absolute atomic E-state index is 11.8. The Kier molecular flexibility index (Phi) is 4.33. The topological polar surface area (TPSA) is 41.6 Å². The maximum atomic E-state index is 11.8. The first-order valence-corrected chi connectivity index (χ1v) is 6.02. The van der Waals surface area contributed by atoms with E-state index in [2.05, 4.69) is 19.2 Å². The van der Waals surface area contributed by atoms with Crippen LogP contribution in [0.5, 0.6) is 0 Å². The Morgan fingerprint density at radius 3 is 2.56 bits per heavy atom. The third kappa shape index (κ3) is 3.46. The molecule has 0 aliphatic carbocycles. The van der Waals surface area contributed by atoms with Gasteiger partial charge in [-0.1, -0.05) is 13.8 Å². The molecule has 0 aromatic heterocycles. The number of carbonyl (C=O) groups excluding carboxylic acids is 1. The van der Waals surface area contributed by atoms with Crippen LogP contribution < -0.4 is 5.32 Å². The number of carbonyl (C=O) groups is 1. The second-order valence-electron chi connectivity index (χ2n) is 5.78. The number of nitrogens with zero attached hydrogens (tertiary/aromatic N) is 1. The second kappa shape index (κ2) is 5.15. The van der Waals surface area contributed by atoms with Gasteiger partial charge in [0.05, 0.1) is 11.5 Å². The van der Waals surface area contributed by atoms with Crippen LogP contribution in [0, 0.1) is 11.3 Å². The first-order chi connectivity index (χ1) is 7.32. The van der Waals surface area contributed by atoms with Crippen LogP contribution in [0.25, 0.3) is 0 Å². The van der Waals surface area contributed by atoms with Crippen LogP contribution in [0.1, 0.15) is 34.6 Å². The Morgan fingerprint density at radius 2 is 2.06 bits per heavy atom. The molecule has 0 aromatic rings. The molecule has 94 valence electrons. The van der Waals surface area contributed by atoms with Crippen LogP contribution in [-0.4, -0.2) is 36.7 Å². The minimum absolute atomic E-state index is 0.153. The van der Waals surface area contributed by atoms with E-state index in [1.54, 1.807) is 0 Å². The van der Waals surface area contributed by atoms with E-state index in [1.807, 2.05) is 25.8 Å². The summed E-state index contributed by atoms with van der Waals surface area (Å²) in [5.41, 5.74) is -0.438. The van der Waals surface area contributed by atoms with Gasteiger partial charge < -0.3 is 10.2 Å². The molecule has 0 saturated carbocycles. The van der Waals surface area contributed by atoms with E-state index in [0.29, 0.717) is 5.92 Å². The Balaban J connectivity index is 2.60. The summed E-state index contributed by atoms with van der Waals surface area (Å²) in [5.74, 6) is 0.320. The van der Waals surface area contributed by atoms with Crippen molar-refractivity contribution in [2.45, 2.75) is 40.7 Å². The molecule has 1 N–H and O–H groups in total. The van der Waals surface area contributed by atoms with Gasteiger partial charge >= 0.3 is 5.97 Å². The lowest BCUT2D eigenvalue weighted by Gasteiger charge is -2.37.